The summed E-state index contributed by atoms with van der Waals surface area (Å²) in [7, 11) is 0. The number of nitro groups is 1. The second kappa shape index (κ2) is 7.03. The predicted molar refractivity (Wildman–Crippen MR) is 88.0 cm³/mol. The van der Waals surface area contributed by atoms with Crippen LogP contribution in [0.15, 0.2) is 18.2 Å². The van der Waals surface area contributed by atoms with Crippen molar-refractivity contribution in [1.82, 2.24) is 15.5 Å². The van der Waals surface area contributed by atoms with E-state index in [4.69, 9.17) is 4.74 Å². The van der Waals surface area contributed by atoms with Crippen LogP contribution in [0.4, 0.5) is 10.5 Å². The molecule has 25 heavy (non-hydrogen) atoms. The van der Waals surface area contributed by atoms with Crippen LogP contribution in [0.1, 0.15) is 32.6 Å². The van der Waals surface area contributed by atoms with E-state index in [1.807, 2.05) is 0 Å². The molecular formula is C15H20N4O6. The highest BCUT2D eigenvalue weighted by Crippen LogP contribution is 2.26. The Kier molecular flexibility index (Phi) is 5.24. The third-order valence-electron chi connectivity index (χ3n) is 3.29. The van der Waals surface area contributed by atoms with Gasteiger partial charge in [0.05, 0.1) is 16.1 Å². The van der Waals surface area contributed by atoms with Crippen molar-refractivity contribution in [2.75, 3.05) is 6.54 Å². The molecule has 0 aliphatic carbocycles. The van der Waals surface area contributed by atoms with Crippen LogP contribution in [-0.4, -0.2) is 49.7 Å². The number of hydrogen-bond donors (Lipinski definition) is 4. The average molecular weight is 352 g/mol. The van der Waals surface area contributed by atoms with Crippen molar-refractivity contribution in [1.29, 1.82) is 0 Å². The average Bonchev–Trinajstić information content (AvgIpc) is 2.93. The Labute approximate surface area is 142 Å². The molecular weight excluding hydrogens is 332 g/mol. The van der Waals surface area contributed by atoms with Crippen molar-refractivity contribution in [2.45, 2.75) is 38.6 Å². The third-order valence-corrected chi connectivity index (χ3v) is 3.29. The summed E-state index contributed by atoms with van der Waals surface area (Å²) in [4.78, 5) is 21.8. The first-order chi connectivity index (χ1) is 11.6. The van der Waals surface area contributed by atoms with Gasteiger partial charge in [-0.1, -0.05) is 0 Å². The molecule has 2 atom stereocenters. The smallest absolute Gasteiger partial charge is 0.407 e. The van der Waals surface area contributed by atoms with Crippen molar-refractivity contribution in [2.24, 2.45) is 0 Å². The highest BCUT2D eigenvalue weighted by atomic mass is 16.6. The molecule has 1 aromatic carbocycles. The molecule has 1 heterocycles. The number of H-pyrrole nitrogens is 1. The Balaban J connectivity index is 2.07. The first kappa shape index (κ1) is 18.6. The summed E-state index contributed by atoms with van der Waals surface area (Å²) in [5, 5.41) is 40.3. The topological polar surface area (TPSA) is 151 Å². The molecule has 0 aliphatic rings. The van der Waals surface area contributed by atoms with Gasteiger partial charge in [0, 0.05) is 24.1 Å². The van der Waals surface area contributed by atoms with Gasteiger partial charge in [-0.25, -0.2) is 4.79 Å². The molecule has 0 spiro atoms. The van der Waals surface area contributed by atoms with Crippen LogP contribution in [0, 0.1) is 10.1 Å². The fourth-order valence-electron chi connectivity index (χ4n) is 2.17. The number of nitro benzene ring substituents is 1. The highest BCUT2D eigenvalue weighted by molar-refractivity contribution is 5.83. The molecule has 2 rings (SSSR count). The van der Waals surface area contributed by atoms with Crippen molar-refractivity contribution < 1.29 is 24.7 Å². The second-order valence-corrected chi connectivity index (χ2v) is 6.49. The molecule has 136 valence electrons. The van der Waals surface area contributed by atoms with Crippen LogP contribution in [0.5, 0.6) is 0 Å². The first-order valence-corrected chi connectivity index (χ1v) is 7.54. The molecule has 0 radical (unpaired) electrons. The van der Waals surface area contributed by atoms with E-state index >= 15 is 0 Å². The van der Waals surface area contributed by atoms with E-state index in [0.717, 1.165) is 0 Å². The minimum absolute atomic E-state index is 0.132. The van der Waals surface area contributed by atoms with Gasteiger partial charge in [-0.15, -0.1) is 0 Å². The summed E-state index contributed by atoms with van der Waals surface area (Å²) in [6, 6.07) is 3.97. The van der Waals surface area contributed by atoms with Gasteiger partial charge in [-0.2, -0.15) is 5.10 Å². The Hall–Kier alpha value is -2.72. The number of carbonyl (C=O) groups is 1. The number of rotatable bonds is 5. The maximum atomic E-state index is 11.6. The summed E-state index contributed by atoms with van der Waals surface area (Å²) in [5.74, 6) is 0. The molecule has 1 amide bonds. The Morgan fingerprint density at radius 3 is 2.72 bits per heavy atom. The predicted octanol–water partition coefficient (Wildman–Crippen LogP) is 1.39. The fourth-order valence-corrected chi connectivity index (χ4v) is 2.17. The summed E-state index contributed by atoms with van der Waals surface area (Å²) in [6.07, 6.45) is -3.42. The number of hydrogen-bond acceptors (Lipinski definition) is 7. The summed E-state index contributed by atoms with van der Waals surface area (Å²) >= 11 is 0. The number of ether oxygens (including phenoxy) is 1. The largest absolute Gasteiger partial charge is 0.444 e. The van der Waals surface area contributed by atoms with Crippen LogP contribution < -0.4 is 5.32 Å². The number of non-ortho nitro benzene ring substituents is 1. The van der Waals surface area contributed by atoms with E-state index in [2.05, 4.69) is 15.5 Å². The Morgan fingerprint density at radius 1 is 1.44 bits per heavy atom. The quantitative estimate of drug-likeness (QED) is 0.469. The number of nitrogens with zero attached hydrogens (tertiary/aromatic N) is 2. The zero-order valence-corrected chi connectivity index (χ0v) is 14.0. The number of fused-ring (bicyclic) bond motifs is 1. The van der Waals surface area contributed by atoms with E-state index in [1.54, 1.807) is 20.8 Å². The lowest BCUT2D eigenvalue weighted by Gasteiger charge is -2.21. The number of aliphatic hydroxyl groups excluding tert-OH is 2. The number of alkyl carbamates (subject to hydrolysis) is 1. The van der Waals surface area contributed by atoms with Crippen molar-refractivity contribution in [3.8, 4) is 0 Å². The van der Waals surface area contributed by atoms with Gasteiger partial charge in [-0.3, -0.25) is 15.2 Å². The van der Waals surface area contributed by atoms with Crippen molar-refractivity contribution in [3.05, 3.63) is 34.0 Å². The number of amides is 1. The molecule has 0 saturated carbocycles. The maximum absolute atomic E-state index is 11.6. The third kappa shape index (κ3) is 4.64. The molecule has 2 aromatic rings. The van der Waals surface area contributed by atoms with E-state index in [-0.39, 0.29) is 23.4 Å². The van der Waals surface area contributed by atoms with Crippen LogP contribution >= 0.6 is 0 Å². The Bertz CT molecular complexity index is 782. The zero-order chi connectivity index (χ0) is 18.8. The zero-order valence-electron chi connectivity index (χ0n) is 14.0. The second-order valence-electron chi connectivity index (χ2n) is 6.49. The van der Waals surface area contributed by atoms with E-state index in [9.17, 15) is 25.1 Å². The maximum Gasteiger partial charge on any atom is 0.407 e. The van der Waals surface area contributed by atoms with E-state index in [1.165, 1.54) is 18.2 Å². The van der Waals surface area contributed by atoms with Gasteiger partial charge < -0.3 is 20.3 Å². The van der Waals surface area contributed by atoms with Crippen LogP contribution in [0.2, 0.25) is 0 Å². The van der Waals surface area contributed by atoms with E-state index in [0.29, 0.717) is 5.39 Å². The molecule has 0 fully saturated rings. The molecule has 1 aromatic heterocycles. The summed E-state index contributed by atoms with van der Waals surface area (Å²) in [5.41, 5.74) is -0.326. The highest BCUT2D eigenvalue weighted by Gasteiger charge is 2.25. The van der Waals surface area contributed by atoms with E-state index < -0.39 is 28.8 Å². The molecule has 0 aliphatic heterocycles. The molecule has 0 saturated heterocycles. The number of benzene rings is 1. The van der Waals surface area contributed by atoms with Crippen molar-refractivity contribution >= 4 is 22.7 Å². The van der Waals surface area contributed by atoms with Crippen LogP contribution in [0.25, 0.3) is 10.9 Å². The lowest BCUT2D eigenvalue weighted by atomic mass is 10.1. The molecule has 2 unspecified atom stereocenters. The van der Waals surface area contributed by atoms with Crippen LogP contribution in [-0.2, 0) is 4.74 Å². The van der Waals surface area contributed by atoms with Gasteiger partial charge in [0.15, 0.2) is 0 Å². The number of carbonyl (C=O) groups excluding carboxylic acids is 1. The Morgan fingerprint density at radius 2 is 2.12 bits per heavy atom. The molecule has 4 N–H and O–H groups in total. The van der Waals surface area contributed by atoms with Gasteiger partial charge in [0.25, 0.3) is 5.69 Å². The lowest BCUT2D eigenvalue weighted by molar-refractivity contribution is -0.384. The molecule has 10 heteroatoms. The number of aliphatic hydroxyl groups is 2. The fraction of sp³-hybridized carbons (Fsp3) is 0.467. The summed E-state index contributed by atoms with van der Waals surface area (Å²) in [6.45, 7) is 4.86. The molecule has 0 bridgehead atoms. The van der Waals surface area contributed by atoms with Crippen molar-refractivity contribution in [3.63, 3.8) is 0 Å². The number of aromatic amines is 1. The van der Waals surface area contributed by atoms with Gasteiger partial charge >= 0.3 is 6.09 Å². The minimum Gasteiger partial charge on any atom is -0.444 e. The molecule has 10 nitrogen and oxygen atoms in total. The number of aromatic nitrogens is 2. The number of nitrogens with one attached hydrogen (secondary N) is 2. The lowest BCUT2D eigenvalue weighted by Crippen LogP contribution is -2.39. The normalized spacial score (nSPS) is 14.1. The monoisotopic (exact) mass is 352 g/mol. The standard InChI is InChI=1S/C15H20N4O6/c1-15(2,3)25-14(22)16-7-11(20)13(21)12-9-5-4-8(19(23)24)6-10(9)17-18-12/h4-6,11,13,20-21H,7H2,1-3H3,(H,16,22)(H,17,18). The van der Waals surface area contributed by atoms with Gasteiger partial charge in [-0.05, 0) is 26.8 Å². The summed E-state index contributed by atoms with van der Waals surface area (Å²) < 4.78 is 5.04. The minimum atomic E-state index is -1.37. The van der Waals surface area contributed by atoms with Crippen LogP contribution in [0.3, 0.4) is 0 Å². The SMILES string of the molecule is CC(C)(C)OC(=O)NCC(O)C(O)c1[nH]nc2cc([N+](=O)[O-])ccc12. The van der Waals surface area contributed by atoms with Gasteiger partial charge in [0.1, 0.15) is 17.8 Å². The van der Waals surface area contributed by atoms with Gasteiger partial charge in [0.2, 0.25) is 0 Å². The first-order valence-electron chi connectivity index (χ1n) is 7.54.